The van der Waals surface area contributed by atoms with E-state index in [-0.39, 0.29) is 0 Å². The van der Waals surface area contributed by atoms with Crippen LogP contribution in [0.5, 0.6) is 0 Å². The molecule has 0 unspecified atom stereocenters. The first-order valence-corrected chi connectivity index (χ1v) is 4.77. The number of piperazine rings is 1. The first-order chi connectivity index (χ1) is 5.74. The highest BCUT2D eigenvalue weighted by molar-refractivity contribution is 4.86. The summed E-state index contributed by atoms with van der Waals surface area (Å²) < 4.78 is 0. The van der Waals surface area contributed by atoms with Gasteiger partial charge < -0.3 is 4.90 Å². The van der Waals surface area contributed by atoms with Gasteiger partial charge in [0.15, 0.2) is 0 Å². The molecule has 0 amide bonds. The van der Waals surface area contributed by atoms with E-state index in [9.17, 15) is 0 Å². The highest BCUT2D eigenvalue weighted by Gasteiger charge is 2.19. The molecule has 0 aromatic rings. The van der Waals surface area contributed by atoms with Gasteiger partial charge in [0.25, 0.3) is 0 Å². The van der Waals surface area contributed by atoms with Crippen LogP contribution in [-0.2, 0) is 0 Å². The van der Waals surface area contributed by atoms with Crippen LogP contribution >= 0.6 is 0 Å². The van der Waals surface area contributed by atoms with Crippen LogP contribution in [0.2, 0.25) is 0 Å². The van der Waals surface area contributed by atoms with Gasteiger partial charge in [-0.05, 0) is 20.9 Å². The van der Waals surface area contributed by atoms with Gasteiger partial charge in [-0.1, -0.05) is 12.2 Å². The molecule has 0 N–H and O–H groups in total. The Balaban J connectivity index is 2.34. The zero-order chi connectivity index (χ0) is 8.97. The first kappa shape index (κ1) is 9.75. The minimum Gasteiger partial charge on any atom is -0.304 e. The molecule has 2 heteroatoms. The van der Waals surface area contributed by atoms with Gasteiger partial charge in [-0.25, -0.2) is 0 Å². The quantitative estimate of drug-likeness (QED) is 0.572. The van der Waals surface area contributed by atoms with Gasteiger partial charge in [-0.15, -0.1) is 0 Å². The molecule has 1 aliphatic rings. The minimum atomic E-state index is 0.708. The second kappa shape index (κ2) is 4.63. The van der Waals surface area contributed by atoms with Crippen LogP contribution < -0.4 is 0 Å². The molecule has 1 saturated heterocycles. The minimum absolute atomic E-state index is 0.708. The Morgan fingerprint density at radius 2 is 2.17 bits per heavy atom. The normalized spacial score (nSPS) is 28.4. The summed E-state index contributed by atoms with van der Waals surface area (Å²) in [5, 5.41) is 0. The maximum atomic E-state index is 2.53. The molecule has 0 aliphatic carbocycles. The number of nitrogens with zero attached hydrogens (tertiary/aromatic N) is 2. The number of allylic oxidation sites excluding steroid dienone is 1. The largest absolute Gasteiger partial charge is 0.304 e. The average molecular weight is 168 g/mol. The summed E-state index contributed by atoms with van der Waals surface area (Å²) in [6.45, 7) is 9.13. The highest BCUT2D eigenvalue weighted by atomic mass is 15.3. The fourth-order valence-corrected chi connectivity index (χ4v) is 1.69. The number of hydrogen-bond acceptors (Lipinski definition) is 2. The summed E-state index contributed by atoms with van der Waals surface area (Å²) in [4.78, 5) is 4.93. The van der Waals surface area contributed by atoms with E-state index in [1.807, 2.05) is 0 Å². The van der Waals surface area contributed by atoms with Gasteiger partial charge in [0.2, 0.25) is 0 Å². The van der Waals surface area contributed by atoms with Crippen molar-refractivity contribution in [1.82, 2.24) is 9.80 Å². The van der Waals surface area contributed by atoms with Crippen molar-refractivity contribution in [1.29, 1.82) is 0 Å². The predicted molar refractivity (Wildman–Crippen MR) is 53.3 cm³/mol. The molecule has 0 saturated carbocycles. The van der Waals surface area contributed by atoms with Crippen LogP contribution in [0, 0.1) is 0 Å². The van der Waals surface area contributed by atoms with E-state index >= 15 is 0 Å². The lowest BCUT2D eigenvalue weighted by Crippen LogP contribution is -2.50. The summed E-state index contributed by atoms with van der Waals surface area (Å²) in [5.41, 5.74) is 0. The van der Waals surface area contributed by atoms with Gasteiger partial charge in [0, 0.05) is 32.2 Å². The summed E-state index contributed by atoms with van der Waals surface area (Å²) in [5.74, 6) is 0. The lowest BCUT2D eigenvalue weighted by molar-refractivity contribution is 0.112. The zero-order valence-corrected chi connectivity index (χ0v) is 8.45. The van der Waals surface area contributed by atoms with Crippen LogP contribution in [-0.4, -0.2) is 49.1 Å². The molecule has 12 heavy (non-hydrogen) atoms. The molecule has 70 valence electrons. The lowest BCUT2D eigenvalue weighted by atomic mass is 10.2. The van der Waals surface area contributed by atoms with E-state index in [1.165, 1.54) is 19.6 Å². The Morgan fingerprint density at radius 1 is 1.42 bits per heavy atom. The molecule has 1 fully saturated rings. The van der Waals surface area contributed by atoms with Crippen molar-refractivity contribution in [2.24, 2.45) is 0 Å². The predicted octanol–water partition coefficient (Wildman–Crippen LogP) is 1.20. The molecule has 2 nitrogen and oxygen atoms in total. The molecule has 0 spiro atoms. The fourth-order valence-electron chi connectivity index (χ4n) is 1.69. The Bertz CT molecular complexity index is 154. The number of rotatable bonds is 2. The molecule has 1 heterocycles. The average Bonchev–Trinajstić information content (AvgIpc) is 2.03. The first-order valence-electron chi connectivity index (χ1n) is 4.77. The van der Waals surface area contributed by atoms with Crippen molar-refractivity contribution >= 4 is 0 Å². The van der Waals surface area contributed by atoms with Crippen molar-refractivity contribution in [2.75, 3.05) is 33.2 Å². The molecule has 0 bridgehead atoms. The van der Waals surface area contributed by atoms with E-state index < -0.39 is 0 Å². The Hall–Kier alpha value is -0.340. The number of hydrogen-bond donors (Lipinski definition) is 0. The third-order valence-electron chi connectivity index (χ3n) is 2.54. The van der Waals surface area contributed by atoms with Crippen LogP contribution in [0.4, 0.5) is 0 Å². The molecule has 0 aromatic heterocycles. The Kier molecular flexibility index (Phi) is 3.76. The molecule has 1 rings (SSSR count). The van der Waals surface area contributed by atoms with Crippen LogP contribution in [0.15, 0.2) is 12.2 Å². The van der Waals surface area contributed by atoms with Gasteiger partial charge in [-0.3, -0.25) is 4.90 Å². The fraction of sp³-hybridized carbons (Fsp3) is 0.800. The second-order valence-corrected chi connectivity index (χ2v) is 3.68. The Morgan fingerprint density at radius 3 is 2.75 bits per heavy atom. The zero-order valence-electron chi connectivity index (χ0n) is 8.45. The lowest BCUT2D eigenvalue weighted by Gasteiger charge is -2.37. The van der Waals surface area contributed by atoms with Gasteiger partial charge >= 0.3 is 0 Å². The van der Waals surface area contributed by atoms with Crippen molar-refractivity contribution in [3.8, 4) is 0 Å². The van der Waals surface area contributed by atoms with Gasteiger partial charge in [0.05, 0.1) is 0 Å². The van der Waals surface area contributed by atoms with E-state index in [4.69, 9.17) is 0 Å². The Labute approximate surface area is 75.8 Å². The van der Waals surface area contributed by atoms with Crippen molar-refractivity contribution in [2.45, 2.75) is 19.9 Å². The summed E-state index contributed by atoms with van der Waals surface area (Å²) >= 11 is 0. The maximum absolute atomic E-state index is 2.53. The third kappa shape index (κ3) is 2.61. The highest BCUT2D eigenvalue weighted by Crippen LogP contribution is 2.06. The maximum Gasteiger partial charge on any atom is 0.0198 e. The molecule has 0 aromatic carbocycles. The van der Waals surface area contributed by atoms with E-state index in [0.29, 0.717) is 6.04 Å². The standard InChI is InChI=1S/C10H20N2/c1-4-5-6-12-8-7-11(3)9-10(12)2/h4-5,10H,6-9H2,1-3H3/b5-4+/t10-/m1/s1. The van der Waals surface area contributed by atoms with Crippen molar-refractivity contribution in [3.63, 3.8) is 0 Å². The van der Waals surface area contributed by atoms with E-state index in [0.717, 1.165) is 6.54 Å². The SMILES string of the molecule is C/C=C/CN1CCN(C)C[C@H]1C. The second-order valence-electron chi connectivity index (χ2n) is 3.68. The van der Waals surface area contributed by atoms with Gasteiger partial charge in [-0.2, -0.15) is 0 Å². The van der Waals surface area contributed by atoms with Crippen LogP contribution in [0.1, 0.15) is 13.8 Å². The van der Waals surface area contributed by atoms with E-state index in [1.54, 1.807) is 0 Å². The molecule has 1 aliphatic heterocycles. The topological polar surface area (TPSA) is 6.48 Å². The van der Waals surface area contributed by atoms with E-state index in [2.05, 4.69) is 42.8 Å². The smallest absolute Gasteiger partial charge is 0.0198 e. The summed E-state index contributed by atoms with van der Waals surface area (Å²) in [6.07, 6.45) is 4.37. The molecular formula is C10H20N2. The molecule has 1 atom stereocenters. The van der Waals surface area contributed by atoms with Gasteiger partial charge in [0.1, 0.15) is 0 Å². The van der Waals surface area contributed by atoms with Crippen molar-refractivity contribution in [3.05, 3.63) is 12.2 Å². The summed E-state index contributed by atoms with van der Waals surface area (Å²) in [7, 11) is 2.20. The molecule has 0 radical (unpaired) electrons. The number of likely N-dealkylation sites (N-methyl/N-ethyl adjacent to an activating group) is 1. The third-order valence-corrected chi connectivity index (χ3v) is 2.54. The van der Waals surface area contributed by atoms with Crippen molar-refractivity contribution < 1.29 is 0 Å². The monoisotopic (exact) mass is 168 g/mol. The van der Waals surface area contributed by atoms with Crippen LogP contribution in [0.3, 0.4) is 0 Å². The summed E-state index contributed by atoms with van der Waals surface area (Å²) in [6, 6.07) is 0.708. The van der Waals surface area contributed by atoms with Crippen LogP contribution in [0.25, 0.3) is 0 Å². The molecular weight excluding hydrogens is 148 g/mol.